The van der Waals surface area contributed by atoms with Gasteiger partial charge in [-0.3, -0.25) is 5.84 Å². The number of hydrogen-bond donors (Lipinski definition) is 2. The molecule has 0 amide bonds. The van der Waals surface area contributed by atoms with Crippen molar-refractivity contribution in [1.29, 1.82) is 0 Å². The van der Waals surface area contributed by atoms with Crippen LogP contribution in [0.4, 0.5) is 0 Å². The van der Waals surface area contributed by atoms with E-state index in [0.717, 1.165) is 18.4 Å². The number of aromatic nitrogens is 2. The van der Waals surface area contributed by atoms with E-state index in [0.29, 0.717) is 0 Å². The van der Waals surface area contributed by atoms with Gasteiger partial charge >= 0.3 is 0 Å². The molecule has 0 aromatic carbocycles. The predicted molar refractivity (Wildman–Crippen MR) is 62.4 cm³/mol. The maximum atomic E-state index is 5.65. The molecular weight excluding hydrogens is 204 g/mol. The third-order valence-corrected chi connectivity index (χ3v) is 3.21. The van der Waals surface area contributed by atoms with Gasteiger partial charge in [-0.15, -0.1) is 0 Å². The first-order chi connectivity index (χ1) is 7.74. The summed E-state index contributed by atoms with van der Waals surface area (Å²) in [6, 6.07) is -0.103. The molecule has 1 atom stereocenters. The van der Waals surface area contributed by atoms with Crippen LogP contribution < -0.4 is 11.3 Å². The molecule has 0 saturated heterocycles. The summed E-state index contributed by atoms with van der Waals surface area (Å²) in [6.45, 7) is 4.17. The number of methoxy groups -OCH3 is 1. The Morgan fingerprint density at radius 3 is 2.31 bits per heavy atom. The van der Waals surface area contributed by atoms with Crippen molar-refractivity contribution < 1.29 is 4.74 Å². The molecule has 1 heterocycles. The van der Waals surface area contributed by atoms with Crippen LogP contribution >= 0.6 is 0 Å². The van der Waals surface area contributed by atoms with Crippen molar-refractivity contribution in [1.82, 2.24) is 15.4 Å². The standard InChI is InChI=1S/C11H20N4O/c1-4-11(5-2,16-3)10(15-12)9-6-13-8-14-7-9/h6-8,10,15H,4-5,12H2,1-3H3. The van der Waals surface area contributed by atoms with Crippen LogP contribution in [0.15, 0.2) is 18.7 Å². The van der Waals surface area contributed by atoms with Crippen molar-refractivity contribution in [2.45, 2.75) is 38.3 Å². The smallest absolute Gasteiger partial charge is 0.115 e. The number of ether oxygens (including phenoxy) is 1. The highest BCUT2D eigenvalue weighted by molar-refractivity contribution is 5.14. The molecule has 0 aliphatic rings. The Morgan fingerprint density at radius 2 is 1.94 bits per heavy atom. The van der Waals surface area contributed by atoms with Gasteiger partial charge in [0.05, 0.1) is 11.6 Å². The zero-order valence-corrected chi connectivity index (χ0v) is 10.1. The number of nitrogens with two attached hydrogens (primary N) is 1. The van der Waals surface area contributed by atoms with Gasteiger partial charge in [0, 0.05) is 25.1 Å². The minimum atomic E-state index is -0.320. The fourth-order valence-electron chi connectivity index (χ4n) is 2.08. The summed E-state index contributed by atoms with van der Waals surface area (Å²) in [5.74, 6) is 5.63. The molecule has 1 rings (SSSR count). The first-order valence-corrected chi connectivity index (χ1v) is 5.50. The summed E-state index contributed by atoms with van der Waals surface area (Å²) in [7, 11) is 1.71. The summed E-state index contributed by atoms with van der Waals surface area (Å²) in [4.78, 5) is 8.02. The van der Waals surface area contributed by atoms with Gasteiger partial charge in [0.1, 0.15) is 6.33 Å². The molecule has 0 saturated carbocycles. The van der Waals surface area contributed by atoms with Crippen LogP contribution in [0.2, 0.25) is 0 Å². The van der Waals surface area contributed by atoms with E-state index in [2.05, 4.69) is 29.2 Å². The topological polar surface area (TPSA) is 73.1 Å². The predicted octanol–water partition coefficient (Wildman–Crippen LogP) is 1.19. The van der Waals surface area contributed by atoms with E-state index < -0.39 is 0 Å². The molecule has 1 aromatic rings. The first kappa shape index (κ1) is 13.0. The number of nitrogens with one attached hydrogen (secondary N) is 1. The van der Waals surface area contributed by atoms with Gasteiger partial charge in [-0.2, -0.15) is 0 Å². The average molecular weight is 224 g/mol. The average Bonchev–Trinajstić information content (AvgIpc) is 2.37. The summed E-state index contributed by atoms with van der Waals surface area (Å²) < 4.78 is 5.65. The van der Waals surface area contributed by atoms with Crippen molar-refractivity contribution in [2.75, 3.05) is 7.11 Å². The third-order valence-electron chi connectivity index (χ3n) is 3.21. The maximum absolute atomic E-state index is 5.65. The van der Waals surface area contributed by atoms with Gasteiger partial charge in [-0.25, -0.2) is 15.4 Å². The molecule has 1 unspecified atom stereocenters. The highest BCUT2D eigenvalue weighted by Gasteiger charge is 2.36. The van der Waals surface area contributed by atoms with E-state index in [1.54, 1.807) is 19.5 Å². The lowest BCUT2D eigenvalue weighted by Gasteiger charge is -2.37. The quantitative estimate of drug-likeness (QED) is 0.561. The fourth-order valence-corrected chi connectivity index (χ4v) is 2.08. The van der Waals surface area contributed by atoms with Crippen molar-refractivity contribution in [3.8, 4) is 0 Å². The van der Waals surface area contributed by atoms with Crippen molar-refractivity contribution in [2.24, 2.45) is 5.84 Å². The van der Waals surface area contributed by atoms with E-state index >= 15 is 0 Å². The molecule has 3 N–H and O–H groups in total. The number of hydrazine groups is 1. The molecule has 5 nitrogen and oxygen atoms in total. The maximum Gasteiger partial charge on any atom is 0.115 e. The molecule has 0 bridgehead atoms. The van der Waals surface area contributed by atoms with E-state index in [1.165, 1.54) is 6.33 Å². The zero-order valence-electron chi connectivity index (χ0n) is 10.1. The lowest BCUT2D eigenvalue weighted by Crippen LogP contribution is -2.47. The van der Waals surface area contributed by atoms with Crippen LogP contribution in [0.1, 0.15) is 38.3 Å². The third kappa shape index (κ3) is 2.37. The minimum absolute atomic E-state index is 0.103. The fraction of sp³-hybridized carbons (Fsp3) is 0.636. The second kappa shape index (κ2) is 5.89. The molecular formula is C11H20N4O. The lowest BCUT2D eigenvalue weighted by molar-refractivity contribution is -0.0488. The van der Waals surface area contributed by atoms with Gasteiger partial charge < -0.3 is 4.74 Å². The van der Waals surface area contributed by atoms with Crippen molar-refractivity contribution >= 4 is 0 Å². The van der Waals surface area contributed by atoms with Crippen LogP contribution in [0.25, 0.3) is 0 Å². The van der Waals surface area contributed by atoms with Crippen molar-refractivity contribution in [3.63, 3.8) is 0 Å². The van der Waals surface area contributed by atoms with E-state index in [9.17, 15) is 0 Å². The number of hydrogen-bond acceptors (Lipinski definition) is 5. The zero-order chi connectivity index (χ0) is 12.0. The second-order valence-electron chi connectivity index (χ2n) is 3.75. The number of nitrogens with zero attached hydrogens (tertiary/aromatic N) is 2. The van der Waals surface area contributed by atoms with Crippen LogP contribution in [-0.2, 0) is 4.74 Å². The molecule has 0 spiro atoms. The molecule has 90 valence electrons. The van der Waals surface area contributed by atoms with Gasteiger partial charge in [0.2, 0.25) is 0 Å². The Bertz CT molecular complexity index is 292. The Labute approximate surface area is 96.4 Å². The van der Waals surface area contributed by atoms with Gasteiger partial charge in [-0.1, -0.05) is 13.8 Å². The van der Waals surface area contributed by atoms with Gasteiger partial charge in [0.25, 0.3) is 0 Å². The molecule has 1 aromatic heterocycles. The van der Waals surface area contributed by atoms with E-state index in [-0.39, 0.29) is 11.6 Å². The van der Waals surface area contributed by atoms with E-state index in [1.807, 2.05) is 0 Å². The monoisotopic (exact) mass is 224 g/mol. The van der Waals surface area contributed by atoms with Crippen molar-refractivity contribution in [3.05, 3.63) is 24.3 Å². The van der Waals surface area contributed by atoms with Crippen LogP contribution in [0, 0.1) is 0 Å². The lowest BCUT2D eigenvalue weighted by atomic mass is 9.85. The van der Waals surface area contributed by atoms with Gasteiger partial charge in [-0.05, 0) is 12.8 Å². The number of rotatable bonds is 6. The molecule has 16 heavy (non-hydrogen) atoms. The highest BCUT2D eigenvalue weighted by Crippen LogP contribution is 2.33. The Hall–Kier alpha value is -1.04. The first-order valence-electron chi connectivity index (χ1n) is 5.50. The summed E-state index contributed by atoms with van der Waals surface area (Å²) in [5.41, 5.74) is 3.43. The van der Waals surface area contributed by atoms with Crippen LogP contribution in [-0.4, -0.2) is 22.7 Å². The normalized spacial score (nSPS) is 13.8. The van der Waals surface area contributed by atoms with Crippen LogP contribution in [0.3, 0.4) is 0 Å². The largest absolute Gasteiger partial charge is 0.376 e. The Morgan fingerprint density at radius 1 is 1.38 bits per heavy atom. The minimum Gasteiger partial charge on any atom is -0.376 e. The summed E-state index contributed by atoms with van der Waals surface area (Å²) >= 11 is 0. The molecule has 0 aliphatic heterocycles. The second-order valence-corrected chi connectivity index (χ2v) is 3.75. The Kier molecular flexibility index (Phi) is 4.79. The van der Waals surface area contributed by atoms with Crippen LogP contribution in [0.5, 0.6) is 0 Å². The summed E-state index contributed by atoms with van der Waals surface area (Å²) in [6.07, 6.45) is 6.75. The highest BCUT2D eigenvalue weighted by atomic mass is 16.5. The Balaban J connectivity index is 3.05. The SMILES string of the molecule is CCC(CC)(OC)C(NN)c1cncnc1. The van der Waals surface area contributed by atoms with E-state index in [4.69, 9.17) is 10.6 Å². The molecule has 5 heteroatoms. The molecule has 0 aliphatic carbocycles. The molecule has 0 fully saturated rings. The van der Waals surface area contributed by atoms with Gasteiger partial charge in [0.15, 0.2) is 0 Å². The summed E-state index contributed by atoms with van der Waals surface area (Å²) in [5, 5.41) is 0. The molecule has 0 radical (unpaired) electrons.